The van der Waals surface area contributed by atoms with Gasteiger partial charge in [0.05, 0.1) is 28.4 Å². The lowest BCUT2D eigenvalue weighted by Crippen LogP contribution is -2.52. The quantitative estimate of drug-likeness (QED) is 0.203. The third-order valence-electron chi connectivity index (χ3n) is 11.2. The van der Waals surface area contributed by atoms with Crippen molar-refractivity contribution in [3.8, 4) is 6.07 Å². The number of rotatable bonds is 8. The van der Waals surface area contributed by atoms with Crippen molar-refractivity contribution in [2.24, 2.45) is 0 Å². The van der Waals surface area contributed by atoms with Gasteiger partial charge in [0.15, 0.2) is 0 Å². The molecule has 2 saturated heterocycles. The first kappa shape index (κ1) is 37.1. The maximum absolute atomic E-state index is 15.3. The molecule has 288 valence electrons. The lowest BCUT2D eigenvalue weighted by atomic mass is 9.89. The number of carbonyl (C=O) groups is 3. The Morgan fingerprint density at radius 1 is 0.875 bits per heavy atom. The number of hydrogen-bond donors (Lipinski definition) is 3. The fourth-order valence-corrected chi connectivity index (χ4v) is 8.33. The molecule has 2 aromatic carbocycles. The van der Waals surface area contributed by atoms with Crippen LogP contribution in [0.1, 0.15) is 59.3 Å². The summed E-state index contributed by atoms with van der Waals surface area (Å²) >= 11 is 6.27. The number of amides is 4. The zero-order valence-electron chi connectivity index (χ0n) is 30.7. The predicted molar refractivity (Wildman–Crippen MR) is 210 cm³/mol. The number of nitrogens with zero attached hydrogens (tertiary/aromatic N) is 8. The van der Waals surface area contributed by atoms with Crippen LogP contribution in [0.2, 0.25) is 5.02 Å². The van der Waals surface area contributed by atoms with Crippen LogP contribution in [0.3, 0.4) is 0 Å². The number of aromatic nitrogens is 3. The number of hydrogen-bond acceptors (Lipinski definition) is 11. The summed E-state index contributed by atoms with van der Waals surface area (Å²) in [5, 5.41) is 18.1. The van der Waals surface area contributed by atoms with Gasteiger partial charge in [0, 0.05) is 80.4 Å². The first-order chi connectivity index (χ1) is 27.2. The van der Waals surface area contributed by atoms with Crippen LogP contribution in [-0.2, 0) is 17.8 Å². The maximum atomic E-state index is 15.3. The molecular formula is C40H41ClFN11O3. The summed E-state index contributed by atoms with van der Waals surface area (Å²) in [5.41, 5.74) is 4.81. The zero-order chi connectivity index (χ0) is 38.8. The molecule has 0 bridgehead atoms. The van der Waals surface area contributed by atoms with Crippen LogP contribution in [-0.4, -0.2) is 89.0 Å². The maximum Gasteiger partial charge on any atom is 0.328 e. The van der Waals surface area contributed by atoms with E-state index in [0.717, 1.165) is 80.2 Å². The molecule has 16 heteroatoms. The average Bonchev–Trinajstić information content (AvgIpc) is 3.21. The second-order valence-corrected chi connectivity index (χ2v) is 14.9. The summed E-state index contributed by atoms with van der Waals surface area (Å²) in [6.07, 6.45) is 5.91. The fraction of sp³-hybridized carbons (Fsp3) is 0.375. The third kappa shape index (κ3) is 7.93. The SMILES string of the molecule is N#Cc1ccc(N2CCc3c(ncnc3Nc3ccc(C(=O)N[C@H]4CC[C@H](N5CCN(c6ccc(N7CCC(=O)NC7=O)cc6)CC5)CC4)c(F)n3)C2)cc1Cl. The van der Waals surface area contributed by atoms with Crippen molar-refractivity contribution in [2.45, 2.75) is 57.2 Å². The number of anilines is 5. The Morgan fingerprint density at radius 2 is 1.62 bits per heavy atom. The van der Waals surface area contributed by atoms with E-state index < -0.39 is 11.9 Å². The number of benzene rings is 2. The minimum absolute atomic E-state index is 0.0386. The van der Waals surface area contributed by atoms with Crippen molar-refractivity contribution in [1.82, 2.24) is 30.5 Å². The van der Waals surface area contributed by atoms with Gasteiger partial charge in [0.25, 0.3) is 5.91 Å². The standard InChI is InChI=1S/C40H41ClFN11O3/c41-33-21-30(4-1-25(33)22-43)52-15-13-31-34(23-52)44-24-45-38(31)48-35-12-11-32(37(42)47-35)39(55)46-26-2-5-27(6-3-26)50-17-19-51(20-18-50)28-7-9-29(10-8-28)53-16-14-36(54)49-40(53)56/h1,4,7-12,21,24,26-27H,2-3,5-6,13-20,23H2,(H,46,55)(H,49,54,56)(H,44,45,47,48)/t26-,27-. The molecule has 4 aliphatic rings. The summed E-state index contributed by atoms with van der Waals surface area (Å²) in [5.74, 6) is -0.793. The Bertz CT molecular complexity index is 2180. The molecule has 2 aromatic heterocycles. The van der Waals surface area contributed by atoms with Gasteiger partial charge in [-0.25, -0.2) is 19.7 Å². The number of imide groups is 1. The molecule has 56 heavy (non-hydrogen) atoms. The molecule has 3 fully saturated rings. The monoisotopic (exact) mass is 777 g/mol. The normalized spacial score (nSPS) is 20.2. The number of pyridine rings is 1. The smallest absolute Gasteiger partial charge is 0.328 e. The molecule has 1 saturated carbocycles. The number of carbonyl (C=O) groups excluding carboxylic acids is 3. The van der Waals surface area contributed by atoms with E-state index in [2.05, 4.69) is 51.7 Å². The number of nitrogens with one attached hydrogen (secondary N) is 3. The van der Waals surface area contributed by atoms with Gasteiger partial charge in [-0.15, -0.1) is 0 Å². The van der Waals surface area contributed by atoms with Gasteiger partial charge in [-0.2, -0.15) is 9.65 Å². The van der Waals surface area contributed by atoms with E-state index in [1.54, 1.807) is 23.1 Å². The molecule has 0 atom stereocenters. The molecule has 0 radical (unpaired) electrons. The Morgan fingerprint density at radius 3 is 2.34 bits per heavy atom. The van der Waals surface area contributed by atoms with Crippen molar-refractivity contribution >= 4 is 58.1 Å². The van der Waals surface area contributed by atoms with Gasteiger partial charge in [-0.3, -0.25) is 24.7 Å². The van der Waals surface area contributed by atoms with Crippen LogP contribution in [0.5, 0.6) is 0 Å². The van der Waals surface area contributed by atoms with Crippen molar-refractivity contribution in [3.63, 3.8) is 0 Å². The molecule has 3 aliphatic heterocycles. The van der Waals surface area contributed by atoms with Gasteiger partial charge in [0.2, 0.25) is 11.9 Å². The zero-order valence-corrected chi connectivity index (χ0v) is 31.4. The highest BCUT2D eigenvalue weighted by Crippen LogP contribution is 2.31. The van der Waals surface area contributed by atoms with Gasteiger partial charge < -0.3 is 20.4 Å². The first-order valence-electron chi connectivity index (χ1n) is 18.9. The highest BCUT2D eigenvalue weighted by molar-refractivity contribution is 6.32. The van der Waals surface area contributed by atoms with Crippen molar-refractivity contribution in [3.05, 3.63) is 94.3 Å². The van der Waals surface area contributed by atoms with Gasteiger partial charge in [0.1, 0.15) is 24.0 Å². The predicted octanol–water partition coefficient (Wildman–Crippen LogP) is 5.15. The molecular weight excluding hydrogens is 737 g/mol. The van der Waals surface area contributed by atoms with E-state index in [-0.39, 0.29) is 29.4 Å². The molecule has 0 unspecified atom stereocenters. The van der Waals surface area contributed by atoms with E-state index in [1.165, 1.54) is 12.4 Å². The van der Waals surface area contributed by atoms with Crippen molar-refractivity contribution in [2.75, 3.05) is 59.3 Å². The van der Waals surface area contributed by atoms with Crippen LogP contribution in [0.15, 0.2) is 60.9 Å². The van der Waals surface area contributed by atoms with E-state index in [0.29, 0.717) is 54.9 Å². The van der Waals surface area contributed by atoms with Crippen LogP contribution in [0, 0.1) is 17.3 Å². The number of urea groups is 1. The van der Waals surface area contributed by atoms with Crippen molar-refractivity contribution in [1.29, 1.82) is 5.26 Å². The molecule has 0 spiro atoms. The lowest BCUT2D eigenvalue weighted by molar-refractivity contribution is -0.120. The number of halogens is 2. The summed E-state index contributed by atoms with van der Waals surface area (Å²) in [4.78, 5) is 58.4. The van der Waals surface area contributed by atoms with Gasteiger partial charge >= 0.3 is 6.03 Å². The molecule has 8 rings (SSSR count). The number of nitriles is 1. The molecule has 3 N–H and O–H groups in total. The van der Waals surface area contributed by atoms with Crippen LogP contribution < -0.4 is 30.7 Å². The second-order valence-electron chi connectivity index (χ2n) is 14.5. The molecule has 14 nitrogen and oxygen atoms in total. The topological polar surface area (TPSA) is 163 Å². The van der Waals surface area contributed by atoms with Gasteiger partial charge in [-0.05, 0) is 86.7 Å². The van der Waals surface area contributed by atoms with E-state index in [1.807, 2.05) is 30.3 Å². The minimum atomic E-state index is -0.853. The Balaban J connectivity index is 0.800. The Hall–Kier alpha value is -5.85. The largest absolute Gasteiger partial charge is 0.369 e. The van der Waals surface area contributed by atoms with Crippen LogP contribution >= 0.6 is 11.6 Å². The molecule has 4 aromatic rings. The van der Waals surface area contributed by atoms with E-state index in [9.17, 15) is 19.6 Å². The Labute approximate surface area is 328 Å². The number of piperazine rings is 1. The Kier molecular flexibility index (Phi) is 10.7. The molecule has 1 aliphatic carbocycles. The summed E-state index contributed by atoms with van der Waals surface area (Å²) < 4.78 is 15.3. The van der Waals surface area contributed by atoms with Gasteiger partial charge in [-0.1, -0.05) is 11.6 Å². The summed E-state index contributed by atoms with van der Waals surface area (Å²) in [6, 6.07) is 18.4. The second kappa shape index (κ2) is 16.1. The van der Waals surface area contributed by atoms with Crippen molar-refractivity contribution < 1.29 is 18.8 Å². The third-order valence-corrected chi connectivity index (χ3v) is 11.5. The summed E-state index contributed by atoms with van der Waals surface area (Å²) in [6.45, 7) is 5.20. The van der Waals surface area contributed by atoms with E-state index >= 15 is 4.39 Å². The van der Waals surface area contributed by atoms with Crippen LogP contribution in [0.25, 0.3) is 0 Å². The molecule has 4 amide bonds. The number of fused-ring (bicyclic) bond motifs is 1. The molecule has 5 heterocycles. The first-order valence-corrected chi connectivity index (χ1v) is 19.3. The fourth-order valence-electron chi connectivity index (χ4n) is 8.12. The minimum Gasteiger partial charge on any atom is -0.369 e. The lowest BCUT2D eigenvalue weighted by Gasteiger charge is -2.42. The van der Waals surface area contributed by atoms with Crippen LogP contribution in [0.4, 0.5) is 37.9 Å². The average molecular weight is 778 g/mol. The highest BCUT2D eigenvalue weighted by Gasteiger charge is 2.31. The summed E-state index contributed by atoms with van der Waals surface area (Å²) in [7, 11) is 0. The van der Waals surface area contributed by atoms with E-state index in [4.69, 9.17) is 11.6 Å². The highest BCUT2D eigenvalue weighted by atomic mass is 35.5.